The second-order valence-electron chi connectivity index (χ2n) is 6.29. The zero-order valence-corrected chi connectivity index (χ0v) is 15.0. The summed E-state index contributed by atoms with van der Waals surface area (Å²) in [4.78, 5) is -0.000787. The van der Waals surface area contributed by atoms with Crippen molar-refractivity contribution in [1.82, 2.24) is 0 Å². The van der Waals surface area contributed by atoms with E-state index in [1.165, 1.54) is 19.3 Å². The summed E-state index contributed by atoms with van der Waals surface area (Å²) in [6.45, 7) is 16.3. The van der Waals surface area contributed by atoms with Crippen LogP contribution in [0.15, 0.2) is 0 Å². The van der Waals surface area contributed by atoms with Crippen LogP contribution in [0.2, 0.25) is 18.1 Å². The lowest BCUT2D eigenvalue weighted by Crippen LogP contribution is -2.48. The summed E-state index contributed by atoms with van der Waals surface area (Å²) in [5, 5.41) is 0.356. The van der Waals surface area contributed by atoms with Crippen LogP contribution < -0.4 is 0 Å². The van der Waals surface area contributed by atoms with Crippen molar-refractivity contribution in [2.24, 2.45) is 0 Å². The second kappa shape index (κ2) is 6.62. The van der Waals surface area contributed by atoms with Crippen LogP contribution in [-0.4, -0.2) is 19.5 Å². The first kappa shape index (κ1) is 17.5. The third-order valence-electron chi connectivity index (χ3n) is 4.33. The van der Waals surface area contributed by atoms with Crippen molar-refractivity contribution in [3.8, 4) is 0 Å². The first-order valence-electron chi connectivity index (χ1n) is 6.89. The Morgan fingerprint density at radius 2 is 1.65 bits per heavy atom. The maximum Gasteiger partial charge on any atom is 0.194 e. The van der Waals surface area contributed by atoms with Crippen molar-refractivity contribution >= 4 is 20.1 Å². The SMILES string of the molecule is CCCCC(C)(C)[Si](C)(C)OC(C)(CC)SC. The molecule has 0 aliphatic rings. The summed E-state index contributed by atoms with van der Waals surface area (Å²) in [5.41, 5.74) is 0. The highest BCUT2D eigenvalue weighted by Gasteiger charge is 2.44. The van der Waals surface area contributed by atoms with Gasteiger partial charge in [-0.25, -0.2) is 0 Å². The highest BCUT2D eigenvalue weighted by atomic mass is 32.2. The lowest BCUT2D eigenvalue weighted by Gasteiger charge is -2.45. The van der Waals surface area contributed by atoms with Gasteiger partial charge in [0.15, 0.2) is 8.32 Å². The van der Waals surface area contributed by atoms with Gasteiger partial charge >= 0.3 is 0 Å². The second-order valence-corrected chi connectivity index (χ2v) is 12.1. The van der Waals surface area contributed by atoms with Crippen molar-refractivity contribution < 1.29 is 4.43 Å². The van der Waals surface area contributed by atoms with E-state index in [1.54, 1.807) is 0 Å². The lowest BCUT2D eigenvalue weighted by atomic mass is 10.1. The molecule has 0 fully saturated rings. The largest absolute Gasteiger partial charge is 0.403 e. The molecule has 3 heteroatoms. The number of rotatable bonds is 8. The highest BCUT2D eigenvalue weighted by Crippen LogP contribution is 2.46. The maximum absolute atomic E-state index is 6.59. The average molecular weight is 277 g/mol. The van der Waals surface area contributed by atoms with Gasteiger partial charge in [0, 0.05) is 0 Å². The van der Waals surface area contributed by atoms with Crippen molar-refractivity contribution in [2.75, 3.05) is 6.26 Å². The predicted octanol–water partition coefficient (Wildman–Crippen LogP) is 5.67. The Balaban J connectivity index is 4.75. The minimum atomic E-state index is -1.67. The Morgan fingerprint density at radius 3 is 2.00 bits per heavy atom. The van der Waals surface area contributed by atoms with Gasteiger partial charge in [-0.15, -0.1) is 11.8 Å². The van der Waals surface area contributed by atoms with E-state index in [2.05, 4.69) is 54.0 Å². The molecule has 0 N–H and O–H groups in total. The third kappa shape index (κ3) is 4.96. The van der Waals surface area contributed by atoms with Crippen molar-refractivity contribution in [1.29, 1.82) is 0 Å². The van der Waals surface area contributed by atoms with Crippen LogP contribution in [0.25, 0.3) is 0 Å². The fraction of sp³-hybridized carbons (Fsp3) is 1.00. The first-order chi connectivity index (χ1) is 7.64. The van der Waals surface area contributed by atoms with E-state index < -0.39 is 8.32 Å². The molecule has 104 valence electrons. The van der Waals surface area contributed by atoms with Crippen molar-refractivity contribution in [3.05, 3.63) is 0 Å². The molecular formula is C14H32OSSi. The van der Waals surface area contributed by atoms with E-state index in [4.69, 9.17) is 4.43 Å². The first-order valence-corrected chi connectivity index (χ1v) is 11.0. The van der Waals surface area contributed by atoms with Crippen LogP contribution in [0.3, 0.4) is 0 Å². The van der Waals surface area contributed by atoms with Gasteiger partial charge in [0.25, 0.3) is 0 Å². The lowest BCUT2D eigenvalue weighted by molar-refractivity contribution is 0.158. The Labute approximate surface area is 114 Å². The Hall–Kier alpha value is 0.527. The normalized spacial score (nSPS) is 16.9. The molecule has 0 rings (SSSR count). The summed E-state index contributed by atoms with van der Waals surface area (Å²) >= 11 is 1.85. The summed E-state index contributed by atoms with van der Waals surface area (Å²) in [6.07, 6.45) is 7.12. The molecule has 0 radical (unpaired) electrons. The molecule has 0 bridgehead atoms. The molecule has 0 spiro atoms. The van der Waals surface area contributed by atoms with Gasteiger partial charge in [-0.2, -0.15) is 0 Å². The molecule has 0 aromatic carbocycles. The number of unbranched alkanes of at least 4 members (excludes halogenated alkanes) is 1. The van der Waals surface area contributed by atoms with Gasteiger partial charge in [-0.1, -0.05) is 40.5 Å². The van der Waals surface area contributed by atoms with E-state index in [0.29, 0.717) is 5.04 Å². The third-order valence-corrected chi connectivity index (χ3v) is 10.2. The van der Waals surface area contributed by atoms with E-state index in [1.807, 2.05) is 11.8 Å². The monoisotopic (exact) mass is 276 g/mol. The zero-order chi connectivity index (χ0) is 13.7. The van der Waals surface area contributed by atoms with E-state index in [-0.39, 0.29) is 4.93 Å². The predicted molar refractivity (Wildman–Crippen MR) is 84.3 cm³/mol. The Bertz CT molecular complexity index is 222. The molecule has 0 saturated carbocycles. The molecule has 17 heavy (non-hydrogen) atoms. The summed E-state index contributed by atoms with van der Waals surface area (Å²) in [6, 6.07) is 0. The van der Waals surface area contributed by atoms with Crippen LogP contribution in [0.5, 0.6) is 0 Å². The molecule has 1 atom stereocenters. The summed E-state index contributed by atoms with van der Waals surface area (Å²) in [5.74, 6) is 0. The van der Waals surface area contributed by atoms with Crippen LogP contribution in [0, 0.1) is 0 Å². The summed E-state index contributed by atoms with van der Waals surface area (Å²) < 4.78 is 6.59. The van der Waals surface area contributed by atoms with Gasteiger partial charge in [0.2, 0.25) is 0 Å². The molecule has 0 amide bonds. The quantitative estimate of drug-likeness (QED) is 0.417. The smallest absolute Gasteiger partial charge is 0.194 e. The van der Waals surface area contributed by atoms with E-state index in [9.17, 15) is 0 Å². The van der Waals surface area contributed by atoms with Gasteiger partial charge in [0.1, 0.15) is 0 Å². The van der Waals surface area contributed by atoms with Gasteiger partial charge in [-0.05, 0) is 44.2 Å². The van der Waals surface area contributed by atoms with Crippen LogP contribution in [0.1, 0.15) is 60.3 Å². The zero-order valence-electron chi connectivity index (χ0n) is 13.1. The molecule has 0 aliphatic heterocycles. The standard InChI is InChI=1S/C14H32OSSi/c1-9-11-12-13(3,4)17(7,8)15-14(5,10-2)16-6/h9-12H2,1-8H3. The number of thioether (sulfide) groups is 1. The van der Waals surface area contributed by atoms with Crippen LogP contribution >= 0.6 is 11.8 Å². The topological polar surface area (TPSA) is 9.23 Å². The highest BCUT2D eigenvalue weighted by molar-refractivity contribution is 7.99. The van der Waals surface area contributed by atoms with Gasteiger partial charge in [-0.3, -0.25) is 0 Å². The van der Waals surface area contributed by atoms with Gasteiger partial charge < -0.3 is 4.43 Å². The number of hydrogen-bond acceptors (Lipinski definition) is 2. The van der Waals surface area contributed by atoms with E-state index in [0.717, 1.165) is 6.42 Å². The molecule has 0 aromatic heterocycles. The molecular weight excluding hydrogens is 244 g/mol. The Morgan fingerprint density at radius 1 is 1.12 bits per heavy atom. The molecule has 0 aromatic rings. The molecule has 1 unspecified atom stereocenters. The van der Waals surface area contributed by atoms with Crippen molar-refractivity contribution in [3.63, 3.8) is 0 Å². The van der Waals surface area contributed by atoms with Crippen LogP contribution in [0.4, 0.5) is 0 Å². The number of hydrogen-bond donors (Lipinski definition) is 0. The molecule has 1 nitrogen and oxygen atoms in total. The van der Waals surface area contributed by atoms with E-state index >= 15 is 0 Å². The van der Waals surface area contributed by atoms with Crippen LogP contribution in [-0.2, 0) is 4.43 Å². The van der Waals surface area contributed by atoms with Gasteiger partial charge in [0.05, 0.1) is 4.93 Å². The summed E-state index contributed by atoms with van der Waals surface area (Å²) in [7, 11) is -1.67. The van der Waals surface area contributed by atoms with Crippen molar-refractivity contribution in [2.45, 2.75) is 83.4 Å². The Kier molecular flexibility index (Phi) is 6.83. The minimum absolute atomic E-state index is 0.000787. The average Bonchev–Trinajstić information content (AvgIpc) is 2.25. The molecule has 0 heterocycles. The fourth-order valence-corrected chi connectivity index (χ4v) is 5.38. The fourth-order valence-electron chi connectivity index (χ4n) is 1.86. The molecule has 0 aliphatic carbocycles. The maximum atomic E-state index is 6.59. The molecule has 0 saturated heterocycles. The minimum Gasteiger partial charge on any atom is -0.403 e.